The summed E-state index contributed by atoms with van der Waals surface area (Å²) in [5.74, 6) is -1.01. The van der Waals surface area contributed by atoms with Gasteiger partial charge >= 0.3 is 5.97 Å². The van der Waals surface area contributed by atoms with Crippen molar-refractivity contribution in [2.45, 2.75) is 6.10 Å². The second-order valence-electron chi connectivity index (χ2n) is 5.95. The van der Waals surface area contributed by atoms with Crippen LogP contribution in [0.4, 0.5) is 11.4 Å². The number of hydrogen-bond acceptors (Lipinski definition) is 6. The van der Waals surface area contributed by atoms with Gasteiger partial charge in [-0.15, -0.1) is 0 Å². The van der Waals surface area contributed by atoms with E-state index in [0.717, 1.165) is 6.07 Å². The van der Waals surface area contributed by atoms with Crippen molar-refractivity contribution in [1.29, 1.82) is 0 Å². The molecule has 0 aliphatic carbocycles. The van der Waals surface area contributed by atoms with Gasteiger partial charge in [-0.1, -0.05) is 72.3 Å². The molecule has 0 saturated heterocycles. The molecule has 0 heterocycles. The number of rotatable bonds is 6. The van der Waals surface area contributed by atoms with Gasteiger partial charge in [0, 0.05) is 6.07 Å². The van der Waals surface area contributed by atoms with E-state index in [1.807, 2.05) is 0 Å². The summed E-state index contributed by atoms with van der Waals surface area (Å²) in [4.78, 5) is 33.4. The Balaban J connectivity index is 2.05. The maximum Gasteiger partial charge on any atom is 0.341 e. The van der Waals surface area contributed by atoms with E-state index in [-0.39, 0.29) is 0 Å². The number of halogens is 1. The van der Waals surface area contributed by atoms with Crippen LogP contribution in [-0.4, -0.2) is 15.8 Å². The number of ether oxygens (including phenoxy) is 1. The first kappa shape index (κ1) is 20.0. The standard InChI is InChI=1S/C20H13ClN2O6/c21-18-16(11-15(22(25)26)12-17(18)23(27)28)20(24)29-19(13-7-3-1-4-8-13)14-9-5-2-6-10-14/h1-12,19H. The van der Waals surface area contributed by atoms with Crippen molar-refractivity contribution in [2.24, 2.45) is 0 Å². The van der Waals surface area contributed by atoms with Crippen molar-refractivity contribution in [3.8, 4) is 0 Å². The average molecular weight is 413 g/mol. The Kier molecular flexibility index (Phi) is 5.85. The van der Waals surface area contributed by atoms with Gasteiger partial charge in [0.2, 0.25) is 0 Å². The van der Waals surface area contributed by atoms with Crippen molar-refractivity contribution in [3.63, 3.8) is 0 Å². The molecule has 0 aliphatic rings. The molecule has 0 N–H and O–H groups in total. The van der Waals surface area contributed by atoms with E-state index < -0.39 is 43.9 Å². The first-order chi connectivity index (χ1) is 13.9. The molecule has 0 bridgehead atoms. The number of carbonyl (C=O) groups is 1. The number of nitro groups is 2. The van der Waals surface area contributed by atoms with Crippen LogP contribution in [0.25, 0.3) is 0 Å². The number of non-ortho nitro benzene ring substituents is 1. The summed E-state index contributed by atoms with van der Waals surface area (Å²) >= 11 is 5.99. The van der Waals surface area contributed by atoms with Gasteiger partial charge in [0.1, 0.15) is 5.02 Å². The minimum absolute atomic E-state index is 0.454. The molecule has 0 aromatic heterocycles. The Morgan fingerprint density at radius 2 is 1.38 bits per heavy atom. The Bertz CT molecular complexity index is 1030. The van der Waals surface area contributed by atoms with E-state index in [9.17, 15) is 25.0 Å². The van der Waals surface area contributed by atoms with Gasteiger partial charge in [0.15, 0.2) is 6.10 Å². The minimum Gasteiger partial charge on any atom is -0.449 e. The van der Waals surface area contributed by atoms with Crippen LogP contribution in [-0.2, 0) is 4.74 Å². The average Bonchev–Trinajstić information content (AvgIpc) is 2.72. The fraction of sp³-hybridized carbons (Fsp3) is 0.0500. The topological polar surface area (TPSA) is 113 Å². The lowest BCUT2D eigenvalue weighted by Gasteiger charge is -2.19. The van der Waals surface area contributed by atoms with Crippen LogP contribution < -0.4 is 0 Å². The molecule has 9 heteroatoms. The van der Waals surface area contributed by atoms with Gasteiger partial charge in [-0.3, -0.25) is 20.2 Å². The van der Waals surface area contributed by atoms with E-state index in [1.54, 1.807) is 60.7 Å². The summed E-state index contributed by atoms with van der Waals surface area (Å²) in [5.41, 5.74) is -0.525. The molecule has 3 rings (SSSR count). The predicted molar refractivity (Wildman–Crippen MR) is 105 cm³/mol. The molecule has 0 fully saturated rings. The molecule has 3 aromatic carbocycles. The molecule has 0 saturated carbocycles. The van der Waals surface area contributed by atoms with Crippen LogP contribution >= 0.6 is 11.6 Å². The van der Waals surface area contributed by atoms with Crippen LogP contribution in [0.2, 0.25) is 5.02 Å². The molecule has 3 aromatic rings. The first-order valence-electron chi connectivity index (χ1n) is 8.31. The molecule has 0 amide bonds. The third-order valence-corrected chi connectivity index (χ3v) is 4.49. The van der Waals surface area contributed by atoms with Crippen molar-refractivity contribution >= 4 is 28.9 Å². The van der Waals surface area contributed by atoms with Gasteiger partial charge < -0.3 is 4.74 Å². The third-order valence-electron chi connectivity index (χ3n) is 4.10. The molecule has 146 valence electrons. The van der Waals surface area contributed by atoms with Crippen molar-refractivity contribution in [2.75, 3.05) is 0 Å². The van der Waals surface area contributed by atoms with E-state index in [1.165, 1.54) is 0 Å². The first-order valence-corrected chi connectivity index (χ1v) is 8.69. The van der Waals surface area contributed by atoms with Gasteiger partial charge in [-0.05, 0) is 11.1 Å². The fourth-order valence-corrected chi connectivity index (χ4v) is 2.99. The minimum atomic E-state index is -1.01. The van der Waals surface area contributed by atoms with Gasteiger partial charge in [-0.25, -0.2) is 4.79 Å². The summed E-state index contributed by atoms with van der Waals surface area (Å²) in [6, 6.07) is 19.2. The van der Waals surface area contributed by atoms with E-state index >= 15 is 0 Å². The largest absolute Gasteiger partial charge is 0.449 e. The molecule has 8 nitrogen and oxygen atoms in total. The van der Waals surface area contributed by atoms with Gasteiger partial charge in [0.05, 0.1) is 21.5 Å². The molecule has 0 radical (unpaired) electrons. The lowest BCUT2D eigenvalue weighted by Crippen LogP contribution is -2.14. The van der Waals surface area contributed by atoms with Crippen LogP contribution in [0.1, 0.15) is 27.6 Å². The SMILES string of the molecule is O=C(OC(c1ccccc1)c1ccccc1)c1cc([N+](=O)[O-])cc([N+](=O)[O-])c1Cl. The quantitative estimate of drug-likeness (QED) is 0.316. The Hall–Kier alpha value is -3.78. The molecular formula is C20H13ClN2O6. The summed E-state index contributed by atoms with van der Waals surface area (Å²) in [6.07, 6.45) is -0.834. The van der Waals surface area contributed by atoms with Crippen LogP contribution in [0.15, 0.2) is 72.8 Å². The maximum absolute atomic E-state index is 12.8. The summed E-state index contributed by atoms with van der Waals surface area (Å²) in [6.45, 7) is 0. The van der Waals surface area contributed by atoms with Crippen molar-refractivity contribution in [1.82, 2.24) is 0 Å². The summed E-state index contributed by atoms with van der Waals surface area (Å²) in [5, 5.41) is 21.8. The summed E-state index contributed by atoms with van der Waals surface area (Å²) in [7, 11) is 0. The van der Waals surface area contributed by atoms with Crippen LogP contribution in [0.5, 0.6) is 0 Å². The highest BCUT2D eigenvalue weighted by molar-refractivity contribution is 6.35. The van der Waals surface area contributed by atoms with E-state index in [0.29, 0.717) is 17.2 Å². The van der Waals surface area contributed by atoms with E-state index in [2.05, 4.69) is 0 Å². The smallest absolute Gasteiger partial charge is 0.341 e. The predicted octanol–water partition coefficient (Wildman–Crippen LogP) is 5.10. The fourth-order valence-electron chi connectivity index (χ4n) is 2.74. The Labute approximate surface area is 169 Å². The Morgan fingerprint density at radius 3 is 1.83 bits per heavy atom. The number of nitrogens with zero attached hydrogens (tertiary/aromatic N) is 2. The molecule has 0 unspecified atom stereocenters. The lowest BCUT2D eigenvalue weighted by molar-refractivity contribution is -0.394. The van der Waals surface area contributed by atoms with Crippen molar-refractivity contribution in [3.05, 3.63) is 115 Å². The highest BCUT2D eigenvalue weighted by atomic mass is 35.5. The number of nitro benzene ring substituents is 2. The van der Waals surface area contributed by atoms with Crippen molar-refractivity contribution < 1.29 is 19.4 Å². The number of hydrogen-bond donors (Lipinski definition) is 0. The second-order valence-corrected chi connectivity index (χ2v) is 6.33. The van der Waals surface area contributed by atoms with Crippen LogP contribution in [0, 0.1) is 20.2 Å². The maximum atomic E-state index is 12.8. The van der Waals surface area contributed by atoms with Crippen LogP contribution in [0.3, 0.4) is 0 Å². The van der Waals surface area contributed by atoms with Gasteiger partial charge in [-0.2, -0.15) is 0 Å². The zero-order valence-corrected chi connectivity index (χ0v) is 15.5. The summed E-state index contributed by atoms with van der Waals surface area (Å²) < 4.78 is 5.59. The van der Waals surface area contributed by atoms with Gasteiger partial charge in [0.25, 0.3) is 11.4 Å². The molecule has 0 atom stereocenters. The zero-order chi connectivity index (χ0) is 21.0. The highest BCUT2D eigenvalue weighted by Crippen LogP contribution is 2.35. The monoisotopic (exact) mass is 412 g/mol. The van der Waals surface area contributed by atoms with E-state index in [4.69, 9.17) is 16.3 Å². The normalized spacial score (nSPS) is 10.6. The molecule has 29 heavy (non-hydrogen) atoms. The molecule has 0 spiro atoms. The third kappa shape index (κ3) is 4.39. The number of esters is 1. The lowest BCUT2D eigenvalue weighted by atomic mass is 10.0. The number of benzene rings is 3. The second kappa shape index (κ2) is 8.49. The molecular weight excluding hydrogens is 400 g/mol. The molecule has 0 aliphatic heterocycles. The zero-order valence-electron chi connectivity index (χ0n) is 14.7. The number of carbonyl (C=O) groups excluding carboxylic acids is 1. The highest BCUT2D eigenvalue weighted by Gasteiger charge is 2.29. The Morgan fingerprint density at radius 1 is 0.862 bits per heavy atom.